The van der Waals surface area contributed by atoms with E-state index in [0.717, 1.165) is 61.2 Å². The Bertz CT molecular complexity index is 2450. The van der Waals surface area contributed by atoms with E-state index in [1.54, 1.807) is 0 Å². The van der Waals surface area contributed by atoms with Crippen molar-refractivity contribution in [3.05, 3.63) is 134 Å². The Morgan fingerprint density at radius 2 is 1.22 bits per heavy atom. The maximum Gasteiger partial charge on any atom is 0.146 e. The topological polar surface area (TPSA) is 44.4 Å². The first kappa shape index (κ1) is 22.2. The standard InChI is InChI=1S/C36H22N4O/c1-2-9-23(10-3-1)39-31-13-6-4-11-26(31)27-18-16-25(22-34(27)39)41-24-17-19-28-29(21-24)35-33(15-8-20-37-35)40-32-14-7-5-12-30(32)38-36(28)40/h1-22H. The summed E-state index contributed by atoms with van der Waals surface area (Å²) in [6.07, 6.45) is 1.84. The fourth-order valence-corrected chi connectivity index (χ4v) is 6.22. The summed E-state index contributed by atoms with van der Waals surface area (Å²) < 4.78 is 11.0. The van der Waals surface area contributed by atoms with Crippen molar-refractivity contribution in [3.8, 4) is 17.2 Å². The van der Waals surface area contributed by atoms with Crippen molar-refractivity contribution in [2.45, 2.75) is 0 Å². The van der Waals surface area contributed by atoms with Gasteiger partial charge in [0.05, 0.1) is 33.1 Å². The van der Waals surface area contributed by atoms with Crippen molar-refractivity contribution in [2.24, 2.45) is 0 Å². The van der Waals surface area contributed by atoms with Gasteiger partial charge in [-0.3, -0.25) is 9.38 Å². The predicted octanol–water partition coefficient (Wildman–Crippen LogP) is 9.08. The average Bonchev–Trinajstić information content (AvgIpc) is 3.58. The fraction of sp³-hybridized carbons (Fsp3) is 0. The molecule has 0 aliphatic heterocycles. The lowest BCUT2D eigenvalue weighted by Gasteiger charge is -2.12. The Morgan fingerprint density at radius 3 is 2.12 bits per heavy atom. The van der Waals surface area contributed by atoms with E-state index in [2.05, 4.69) is 106 Å². The molecule has 0 spiro atoms. The number of nitrogens with zero attached hydrogens (tertiary/aromatic N) is 4. The van der Waals surface area contributed by atoms with Crippen LogP contribution in [0.25, 0.3) is 66.0 Å². The summed E-state index contributed by atoms with van der Waals surface area (Å²) in [5, 5.41) is 4.47. The minimum Gasteiger partial charge on any atom is -0.457 e. The molecule has 5 heteroatoms. The Morgan fingerprint density at radius 1 is 0.512 bits per heavy atom. The summed E-state index contributed by atoms with van der Waals surface area (Å²) in [5.41, 5.74) is 8.30. The van der Waals surface area contributed by atoms with Crippen LogP contribution in [0, 0.1) is 0 Å². The number of para-hydroxylation sites is 4. The zero-order valence-electron chi connectivity index (χ0n) is 21.9. The van der Waals surface area contributed by atoms with E-state index in [9.17, 15) is 0 Å². The molecule has 0 radical (unpaired) electrons. The third-order valence-corrected chi connectivity index (χ3v) is 7.97. The van der Waals surface area contributed by atoms with Gasteiger partial charge in [-0.05, 0) is 72.8 Å². The van der Waals surface area contributed by atoms with Gasteiger partial charge in [-0.1, -0.05) is 48.5 Å². The van der Waals surface area contributed by atoms with Crippen molar-refractivity contribution < 1.29 is 4.74 Å². The molecule has 9 aromatic rings. The third-order valence-electron chi connectivity index (χ3n) is 7.97. The minimum absolute atomic E-state index is 0.756. The molecule has 4 heterocycles. The van der Waals surface area contributed by atoms with Gasteiger partial charge in [-0.25, -0.2) is 4.98 Å². The van der Waals surface area contributed by atoms with Crippen LogP contribution in [-0.4, -0.2) is 18.9 Å². The van der Waals surface area contributed by atoms with Gasteiger partial charge in [0.2, 0.25) is 0 Å². The van der Waals surface area contributed by atoms with Crippen LogP contribution < -0.4 is 4.74 Å². The lowest BCUT2D eigenvalue weighted by atomic mass is 10.1. The molecule has 0 N–H and O–H groups in total. The van der Waals surface area contributed by atoms with E-state index in [1.807, 2.05) is 36.5 Å². The van der Waals surface area contributed by atoms with Crippen LogP contribution in [-0.2, 0) is 0 Å². The molecule has 0 bridgehead atoms. The molecule has 5 nitrogen and oxygen atoms in total. The van der Waals surface area contributed by atoms with Crippen molar-refractivity contribution >= 4 is 60.3 Å². The van der Waals surface area contributed by atoms with Crippen LogP contribution in [0.5, 0.6) is 11.5 Å². The van der Waals surface area contributed by atoms with Gasteiger partial charge in [0.1, 0.15) is 17.1 Å². The van der Waals surface area contributed by atoms with Gasteiger partial charge < -0.3 is 9.30 Å². The second-order valence-electron chi connectivity index (χ2n) is 10.3. The molecule has 0 saturated carbocycles. The first-order valence-electron chi connectivity index (χ1n) is 13.7. The summed E-state index contributed by atoms with van der Waals surface area (Å²) in [6, 6.07) is 43.9. The first-order valence-corrected chi connectivity index (χ1v) is 13.7. The van der Waals surface area contributed by atoms with Gasteiger partial charge in [-0.15, -0.1) is 0 Å². The minimum atomic E-state index is 0.756. The highest BCUT2D eigenvalue weighted by Gasteiger charge is 2.16. The van der Waals surface area contributed by atoms with Crippen LogP contribution in [0.1, 0.15) is 0 Å². The largest absolute Gasteiger partial charge is 0.457 e. The number of aromatic nitrogens is 4. The monoisotopic (exact) mass is 526 g/mol. The third kappa shape index (κ3) is 3.23. The lowest BCUT2D eigenvalue weighted by Crippen LogP contribution is -1.94. The van der Waals surface area contributed by atoms with E-state index in [0.29, 0.717) is 0 Å². The molecule has 0 amide bonds. The van der Waals surface area contributed by atoms with E-state index >= 15 is 0 Å². The van der Waals surface area contributed by atoms with E-state index < -0.39 is 0 Å². The molecule has 4 aromatic heterocycles. The summed E-state index contributed by atoms with van der Waals surface area (Å²) in [7, 11) is 0. The van der Waals surface area contributed by atoms with Crippen LogP contribution in [0.15, 0.2) is 134 Å². The second kappa shape index (κ2) is 8.41. The van der Waals surface area contributed by atoms with E-state index in [-0.39, 0.29) is 0 Å². The summed E-state index contributed by atoms with van der Waals surface area (Å²) in [4.78, 5) is 9.79. The molecule has 0 aliphatic carbocycles. The number of imidazole rings is 1. The number of hydrogen-bond acceptors (Lipinski definition) is 3. The Balaban J connectivity index is 1.23. The van der Waals surface area contributed by atoms with E-state index in [1.165, 1.54) is 16.3 Å². The van der Waals surface area contributed by atoms with Crippen molar-refractivity contribution in [1.82, 2.24) is 18.9 Å². The predicted molar refractivity (Wildman–Crippen MR) is 166 cm³/mol. The molecule has 0 saturated heterocycles. The highest BCUT2D eigenvalue weighted by Crippen LogP contribution is 2.37. The maximum atomic E-state index is 6.53. The van der Waals surface area contributed by atoms with Crippen LogP contribution in [0.3, 0.4) is 0 Å². The Hall–Kier alpha value is -5.68. The molecule has 0 atom stereocenters. The van der Waals surface area contributed by atoms with E-state index in [4.69, 9.17) is 14.7 Å². The first-order chi connectivity index (χ1) is 20.3. The zero-order valence-corrected chi connectivity index (χ0v) is 21.9. The normalized spacial score (nSPS) is 11.9. The summed E-state index contributed by atoms with van der Waals surface area (Å²) >= 11 is 0. The maximum absolute atomic E-state index is 6.53. The Labute approximate surface area is 234 Å². The number of ether oxygens (including phenoxy) is 1. The number of fused-ring (bicyclic) bond motifs is 11. The number of pyridine rings is 2. The van der Waals surface area contributed by atoms with Crippen LogP contribution >= 0.6 is 0 Å². The van der Waals surface area contributed by atoms with Gasteiger partial charge in [-0.2, -0.15) is 0 Å². The fourth-order valence-electron chi connectivity index (χ4n) is 6.22. The van der Waals surface area contributed by atoms with Crippen LogP contribution in [0.4, 0.5) is 0 Å². The van der Waals surface area contributed by atoms with Crippen molar-refractivity contribution in [2.75, 3.05) is 0 Å². The van der Waals surface area contributed by atoms with Gasteiger partial charge in [0, 0.05) is 39.5 Å². The zero-order chi connectivity index (χ0) is 26.9. The molecule has 0 fully saturated rings. The van der Waals surface area contributed by atoms with Gasteiger partial charge >= 0.3 is 0 Å². The van der Waals surface area contributed by atoms with Gasteiger partial charge in [0.25, 0.3) is 0 Å². The quantitative estimate of drug-likeness (QED) is 0.216. The second-order valence-corrected chi connectivity index (χ2v) is 10.3. The van der Waals surface area contributed by atoms with Crippen molar-refractivity contribution in [1.29, 1.82) is 0 Å². The number of benzene rings is 5. The van der Waals surface area contributed by atoms with Crippen molar-refractivity contribution in [3.63, 3.8) is 0 Å². The highest BCUT2D eigenvalue weighted by atomic mass is 16.5. The highest BCUT2D eigenvalue weighted by molar-refractivity contribution is 6.13. The molecule has 0 aliphatic rings. The number of rotatable bonds is 3. The molecule has 0 unspecified atom stereocenters. The molecular weight excluding hydrogens is 504 g/mol. The molecule has 5 aromatic carbocycles. The Kier molecular flexibility index (Phi) is 4.55. The molecule has 41 heavy (non-hydrogen) atoms. The molecule has 9 rings (SSSR count). The van der Waals surface area contributed by atoms with Gasteiger partial charge in [0.15, 0.2) is 0 Å². The molecule has 192 valence electrons. The molecular formula is C36H22N4O. The summed E-state index contributed by atoms with van der Waals surface area (Å²) in [5.74, 6) is 1.54. The number of hydrogen-bond donors (Lipinski definition) is 0. The SMILES string of the molecule is c1ccc(-n2c3ccccc3c3ccc(Oc4ccc5c(c4)c4ncccc4n4c6ccccc6nc54)cc32)cc1. The average molecular weight is 527 g/mol. The lowest BCUT2D eigenvalue weighted by molar-refractivity contribution is 0.484. The van der Waals surface area contributed by atoms with Crippen LogP contribution in [0.2, 0.25) is 0 Å². The smallest absolute Gasteiger partial charge is 0.146 e. The summed E-state index contributed by atoms with van der Waals surface area (Å²) in [6.45, 7) is 0.